The lowest BCUT2D eigenvalue weighted by atomic mass is 10.1. The molecule has 0 fully saturated rings. The normalized spacial score (nSPS) is 10.4. The highest BCUT2D eigenvalue weighted by Crippen LogP contribution is 2.24. The molecule has 2 aromatic carbocycles. The van der Waals surface area contributed by atoms with Crippen LogP contribution in [0, 0.1) is 19.7 Å². The van der Waals surface area contributed by atoms with Crippen LogP contribution in [0.4, 0.5) is 15.8 Å². The van der Waals surface area contributed by atoms with Gasteiger partial charge in [0.15, 0.2) is 0 Å². The number of halogens is 2. The van der Waals surface area contributed by atoms with Crippen molar-refractivity contribution in [2.24, 2.45) is 0 Å². The number of nitrogen functional groups attached to an aromatic ring is 1. The van der Waals surface area contributed by atoms with Gasteiger partial charge >= 0.3 is 0 Å². The van der Waals surface area contributed by atoms with E-state index in [-0.39, 0.29) is 5.91 Å². The van der Waals surface area contributed by atoms with Gasteiger partial charge in [0.25, 0.3) is 5.91 Å². The van der Waals surface area contributed by atoms with Gasteiger partial charge in [0.2, 0.25) is 0 Å². The van der Waals surface area contributed by atoms with E-state index in [2.05, 4.69) is 21.2 Å². The van der Waals surface area contributed by atoms with Gasteiger partial charge in [-0.05, 0) is 65.2 Å². The Labute approximate surface area is 125 Å². The van der Waals surface area contributed by atoms with Crippen LogP contribution in [-0.2, 0) is 0 Å². The number of nitrogens with one attached hydrogen (secondary N) is 1. The molecule has 2 rings (SSSR count). The van der Waals surface area contributed by atoms with Crippen LogP contribution >= 0.6 is 15.9 Å². The quantitative estimate of drug-likeness (QED) is 0.813. The standard InChI is InChI=1S/C15H14BrFN2O/c1-8-5-9(2)14(7-13(8)18)19-15(20)11-4-3-10(17)6-12(11)16/h3-7H,18H2,1-2H3,(H,19,20). The molecule has 3 nitrogen and oxygen atoms in total. The first kappa shape index (κ1) is 14.5. The molecule has 1 amide bonds. The van der Waals surface area contributed by atoms with Crippen molar-refractivity contribution < 1.29 is 9.18 Å². The summed E-state index contributed by atoms with van der Waals surface area (Å²) in [5, 5.41) is 2.78. The van der Waals surface area contributed by atoms with Crippen molar-refractivity contribution in [2.45, 2.75) is 13.8 Å². The van der Waals surface area contributed by atoms with Crippen LogP contribution in [0.15, 0.2) is 34.8 Å². The molecule has 0 aromatic heterocycles. The number of rotatable bonds is 2. The maximum atomic E-state index is 13.0. The van der Waals surface area contributed by atoms with Crippen LogP contribution in [0.2, 0.25) is 0 Å². The molecular formula is C15H14BrFN2O. The number of amides is 1. The van der Waals surface area contributed by atoms with Crippen LogP contribution in [-0.4, -0.2) is 5.91 Å². The summed E-state index contributed by atoms with van der Waals surface area (Å²) in [5.74, 6) is -0.715. The average Bonchev–Trinajstić information content (AvgIpc) is 2.35. The van der Waals surface area contributed by atoms with Gasteiger partial charge in [-0.3, -0.25) is 4.79 Å². The lowest BCUT2D eigenvalue weighted by Gasteiger charge is -2.12. The summed E-state index contributed by atoms with van der Waals surface area (Å²) >= 11 is 3.18. The minimum absolute atomic E-state index is 0.316. The highest BCUT2D eigenvalue weighted by Gasteiger charge is 2.12. The molecule has 0 atom stereocenters. The van der Waals surface area contributed by atoms with Crippen LogP contribution in [0.1, 0.15) is 21.5 Å². The zero-order valence-electron chi connectivity index (χ0n) is 11.1. The number of anilines is 2. The Morgan fingerprint density at radius 2 is 1.90 bits per heavy atom. The third kappa shape index (κ3) is 2.99. The van der Waals surface area contributed by atoms with Crippen LogP contribution < -0.4 is 11.1 Å². The fourth-order valence-electron chi connectivity index (χ4n) is 1.87. The topological polar surface area (TPSA) is 55.1 Å². The number of hydrogen-bond acceptors (Lipinski definition) is 2. The van der Waals surface area contributed by atoms with Crippen molar-refractivity contribution in [2.75, 3.05) is 11.1 Å². The largest absolute Gasteiger partial charge is 0.398 e. The molecule has 0 spiro atoms. The van der Waals surface area contributed by atoms with Gasteiger partial charge in [-0.1, -0.05) is 6.07 Å². The molecule has 0 heterocycles. The molecular weight excluding hydrogens is 323 g/mol. The number of carbonyl (C=O) groups excluding carboxylic acids is 1. The van der Waals surface area contributed by atoms with Crippen molar-refractivity contribution in [3.05, 3.63) is 57.3 Å². The second-order valence-electron chi connectivity index (χ2n) is 4.60. The number of hydrogen-bond donors (Lipinski definition) is 2. The van der Waals surface area contributed by atoms with Crippen molar-refractivity contribution >= 4 is 33.2 Å². The summed E-state index contributed by atoms with van der Waals surface area (Å²) in [6, 6.07) is 7.56. The third-order valence-corrected chi connectivity index (χ3v) is 3.69. The van der Waals surface area contributed by atoms with Crippen molar-refractivity contribution in [1.82, 2.24) is 0 Å². The van der Waals surface area contributed by atoms with Crippen LogP contribution in [0.3, 0.4) is 0 Å². The number of aryl methyl sites for hydroxylation is 2. The van der Waals surface area contributed by atoms with Crippen LogP contribution in [0.25, 0.3) is 0 Å². The van der Waals surface area contributed by atoms with E-state index in [0.717, 1.165) is 11.1 Å². The lowest BCUT2D eigenvalue weighted by Crippen LogP contribution is -2.14. The molecule has 20 heavy (non-hydrogen) atoms. The van der Waals surface area contributed by atoms with E-state index in [1.807, 2.05) is 19.9 Å². The van der Waals surface area contributed by atoms with Gasteiger partial charge in [-0.15, -0.1) is 0 Å². The highest BCUT2D eigenvalue weighted by atomic mass is 79.9. The second-order valence-corrected chi connectivity index (χ2v) is 5.46. The molecule has 0 bridgehead atoms. The fourth-order valence-corrected chi connectivity index (χ4v) is 2.40. The first-order valence-electron chi connectivity index (χ1n) is 6.01. The smallest absolute Gasteiger partial charge is 0.256 e. The number of benzene rings is 2. The van der Waals surface area contributed by atoms with Crippen molar-refractivity contribution in [3.63, 3.8) is 0 Å². The second kappa shape index (κ2) is 5.63. The monoisotopic (exact) mass is 336 g/mol. The maximum absolute atomic E-state index is 13.0. The van der Waals surface area contributed by atoms with E-state index in [4.69, 9.17) is 5.73 Å². The first-order chi connectivity index (χ1) is 9.38. The van der Waals surface area contributed by atoms with Crippen LogP contribution in [0.5, 0.6) is 0 Å². The summed E-state index contributed by atoms with van der Waals surface area (Å²) in [6.45, 7) is 3.80. The molecule has 0 radical (unpaired) electrons. The zero-order valence-corrected chi connectivity index (χ0v) is 12.7. The molecule has 5 heteroatoms. The van der Waals surface area contributed by atoms with Gasteiger partial charge in [-0.25, -0.2) is 4.39 Å². The minimum Gasteiger partial charge on any atom is -0.398 e. The Morgan fingerprint density at radius 1 is 1.20 bits per heavy atom. The maximum Gasteiger partial charge on any atom is 0.256 e. The Kier molecular flexibility index (Phi) is 4.09. The molecule has 0 aliphatic heterocycles. The summed E-state index contributed by atoms with van der Waals surface area (Å²) in [7, 11) is 0. The lowest BCUT2D eigenvalue weighted by molar-refractivity contribution is 0.102. The Balaban J connectivity index is 2.30. The first-order valence-corrected chi connectivity index (χ1v) is 6.81. The van der Waals surface area contributed by atoms with Gasteiger partial charge in [-0.2, -0.15) is 0 Å². The summed E-state index contributed by atoms with van der Waals surface area (Å²) < 4.78 is 13.4. The molecule has 0 aliphatic rings. The van der Waals surface area contributed by atoms with E-state index >= 15 is 0 Å². The zero-order chi connectivity index (χ0) is 14.9. The predicted molar refractivity (Wildman–Crippen MR) is 82.4 cm³/mol. The molecule has 2 aromatic rings. The summed E-state index contributed by atoms with van der Waals surface area (Å²) in [6.07, 6.45) is 0. The summed E-state index contributed by atoms with van der Waals surface area (Å²) in [5.41, 5.74) is 9.35. The Bertz CT molecular complexity index is 686. The fraction of sp³-hybridized carbons (Fsp3) is 0.133. The van der Waals surface area contributed by atoms with Gasteiger partial charge in [0.1, 0.15) is 5.82 Å². The van der Waals surface area contributed by atoms with E-state index in [0.29, 0.717) is 21.4 Å². The van der Waals surface area contributed by atoms with Gasteiger partial charge in [0.05, 0.1) is 5.56 Å². The Morgan fingerprint density at radius 3 is 2.55 bits per heavy atom. The molecule has 0 saturated carbocycles. The molecule has 3 N–H and O–H groups in total. The van der Waals surface area contributed by atoms with E-state index in [1.54, 1.807) is 6.07 Å². The van der Waals surface area contributed by atoms with E-state index in [1.165, 1.54) is 18.2 Å². The molecule has 104 valence electrons. The summed E-state index contributed by atoms with van der Waals surface area (Å²) in [4.78, 5) is 12.2. The predicted octanol–water partition coefficient (Wildman–Crippen LogP) is 4.04. The van der Waals surface area contributed by atoms with Gasteiger partial charge < -0.3 is 11.1 Å². The van der Waals surface area contributed by atoms with Gasteiger partial charge in [0, 0.05) is 15.8 Å². The molecule has 0 saturated heterocycles. The minimum atomic E-state index is -0.399. The van der Waals surface area contributed by atoms with Crippen molar-refractivity contribution in [3.8, 4) is 0 Å². The molecule has 0 unspecified atom stereocenters. The van der Waals surface area contributed by atoms with Crippen molar-refractivity contribution in [1.29, 1.82) is 0 Å². The van der Waals surface area contributed by atoms with E-state index < -0.39 is 5.82 Å². The van der Waals surface area contributed by atoms with E-state index in [9.17, 15) is 9.18 Å². The highest BCUT2D eigenvalue weighted by molar-refractivity contribution is 9.10. The average molecular weight is 337 g/mol. The third-order valence-electron chi connectivity index (χ3n) is 3.04. The SMILES string of the molecule is Cc1cc(C)c(NC(=O)c2ccc(F)cc2Br)cc1N. The molecule has 0 aliphatic carbocycles. The number of carbonyl (C=O) groups is 1. The Hall–Kier alpha value is -1.88. The number of nitrogens with two attached hydrogens (primary N) is 1.